The van der Waals surface area contributed by atoms with Gasteiger partial charge in [0, 0.05) is 12.3 Å². The van der Waals surface area contributed by atoms with Gasteiger partial charge in [-0.25, -0.2) is 10.0 Å². The Morgan fingerprint density at radius 1 is 1.04 bits per heavy atom. The van der Waals surface area contributed by atoms with Crippen LogP contribution in [-0.2, 0) is 0 Å². The predicted molar refractivity (Wildman–Crippen MR) is 119 cm³/mol. The van der Waals surface area contributed by atoms with E-state index in [9.17, 15) is 0 Å². The number of hydrogen-bond donors (Lipinski definition) is 0. The number of aliphatic imine (C=N–C) groups is 1. The summed E-state index contributed by atoms with van der Waals surface area (Å²) in [6.07, 6.45) is 7.56. The van der Waals surface area contributed by atoms with Crippen LogP contribution in [0, 0.1) is 0 Å². The summed E-state index contributed by atoms with van der Waals surface area (Å²) in [4.78, 5) is 4.26. The average Bonchev–Trinajstić information content (AvgIpc) is 2.66. The van der Waals surface area contributed by atoms with Crippen molar-refractivity contribution < 1.29 is 9.16 Å². The van der Waals surface area contributed by atoms with Crippen LogP contribution in [0.25, 0.3) is 0 Å². The minimum atomic E-state index is -2.03. The minimum absolute atomic E-state index is 0.506. The van der Waals surface area contributed by atoms with Gasteiger partial charge in [-0.15, -0.1) is 0 Å². The molecule has 6 heteroatoms. The Kier molecular flexibility index (Phi) is 5.79. The van der Waals surface area contributed by atoms with Crippen LogP contribution >= 0.6 is 0 Å². The molecule has 0 aliphatic carbocycles. The van der Waals surface area contributed by atoms with Crippen LogP contribution in [0.1, 0.15) is 47.1 Å². The van der Waals surface area contributed by atoms with E-state index in [4.69, 9.17) is 9.16 Å². The van der Waals surface area contributed by atoms with E-state index in [2.05, 4.69) is 51.6 Å². The van der Waals surface area contributed by atoms with Crippen LogP contribution < -0.4 is 9.16 Å². The molecule has 0 atom stereocenters. The highest BCUT2D eigenvalue weighted by Gasteiger charge is 2.47. The third-order valence-electron chi connectivity index (χ3n) is 5.69. The number of hydrogen-bond acceptors (Lipinski definition) is 5. The molecular formula is C22H31N3O2Si. The molecule has 2 heterocycles. The van der Waals surface area contributed by atoms with E-state index in [1.54, 1.807) is 13.3 Å². The molecular weight excluding hydrogens is 366 g/mol. The second kappa shape index (κ2) is 7.95. The summed E-state index contributed by atoms with van der Waals surface area (Å²) < 4.78 is 12.5. The lowest BCUT2D eigenvalue weighted by Crippen LogP contribution is -2.50. The van der Waals surface area contributed by atoms with Crippen molar-refractivity contribution in [3.63, 3.8) is 0 Å². The summed E-state index contributed by atoms with van der Waals surface area (Å²) in [6.45, 7) is 13.7. The summed E-state index contributed by atoms with van der Waals surface area (Å²) in [7, 11) is -0.344. The Bertz CT molecular complexity index is 820. The molecule has 0 spiro atoms. The molecule has 1 aromatic carbocycles. The van der Waals surface area contributed by atoms with Gasteiger partial charge in [-0.1, -0.05) is 41.5 Å². The molecule has 0 amide bonds. The van der Waals surface area contributed by atoms with Crippen LogP contribution in [0.15, 0.2) is 52.0 Å². The quantitative estimate of drug-likeness (QED) is 0.417. The molecule has 1 aromatic rings. The van der Waals surface area contributed by atoms with Gasteiger partial charge in [0.25, 0.3) is 8.32 Å². The second-order valence-electron chi connectivity index (χ2n) is 8.26. The zero-order valence-electron chi connectivity index (χ0n) is 17.9. The van der Waals surface area contributed by atoms with E-state index < -0.39 is 8.32 Å². The first-order valence-corrected chi connectivity index (χ1v) is 12.1. The van der Waals surface area contributed by atoms with Crippen molar-refractivity contribution in [1.82, 2.24) is 5.01 Å². The van der Waals surface area contributed by atoms with Crippen molar-refractivity contribution in [1.29, 1.82) is 0 Å². The zero-order chi connectivity index (χ0) is 20.5. The maximum Gasteiger partial charge on any atom is 0.258 e. The number of allylic oxidation sites excluding steroid dienone is 2. The van der Waals surface area contributed by atoms with Crippen LogP contribution in [0.2, 0.25) is 16.6 Å². The molecule has 0 N–H and O–H groups in total. The van der Waals surface area contributed by atoms with Crippen LogP contribution in [0.3, 0.4) is 0 Å². The van der Waals surface area contributed by atoms with Gasteiger partial charge in [-0.05, 0) is 46.5 Å². The van der Waals surface area contributed by atoms with Crippen molar-refractivity contribution in [3.8, 4) is 11.5 Å². The summed E-state index contributed by atoms with van der Waals surface area (Å²) >= 11 is 0. The Morgan fingerprint density at radius 2 is 1.71 bits per heavy atom. The number of ether oxygens (including phenoxy) is 1. The monoisotopic (exact) mass is 397 g/mol. The van der Waals surface area contributed by atoms with Gasteiger partial charge in [0.05, 0.1) is 19.0 Å². The molecule has 0 aromatic heterocycles. The van der Waals surface area contributed by atoms with E-state index >= 15 is 0 Å². The van der Waals surface area contributed by atoms with Gasteiger partial charge in [-0.2, -0.15) is 5.10 Å². The highest BCUT2D eigenvalue weighted by atomic mass is 28.4. The fourth-order valence-electron chi connectivity index (χ4n) is 4.36. The van der Waals surface area contributed by atoms with Crippen LogP contribution in [0.5, 0.6) is 11.5 Å². The van der Waals surface area contributed by atoms with Crippen LogP contribution in [-0.4, -0.2) is 32.9 Å². The number of hydrazone groups is 1. The van der Waals surface area contributed by atoms with Gasteiger partial charge < -0.3 is 9.16 Å². The number of fused-ring (bicyclic) bond motifs is 2. The number of rotatable bonds is 8. The van der Waals surface area contributed by atoms with Gasteiger partial charge in [-0.3, -0.25) is 0 Å². The first-order chi connectivity index (χ1) is 13.3. The Morgan fingerprint density at radius 3 is 2.21 bits per heavy atom. The summed E-state index contributed by atoms with van der Waals surface area (Å²) in [6, 6.07) is 6.03. The lowest BCUT2D eigenvalue weighted by Gasteiger charge is -2.42. The SMILES string of the molecule is COc1cc(C=NN2c3ccnc2c3)ccc1O[Si](C(C)C)(C(C)C)C(C)C. The number of benzene rings is 1. The van der Waals surface area contributed by atoms with E-state index in [1.165, 1.54) is 0 Å². The predicted octanol–water partition coefficient (Wildman–Crippen LogP) is 5.71. The molecule has 28 heavy (non-hydrogen) atoms. The van der Waals surface area contributed by atoms with E-state index in [0.717, 1.165) is 28.6 Å². The fraction of sp³-hybridized carbons (Fsp3) is 0.455. The normalized spacial score (nSPS) is 16.0. The minimum Gasteiger partial charge on any atom is -0.540 e. The summed E-state index contributed by atoms with van der Waals surface area (Å²) in [5.74, 6) is 2.45. The van der Waals surface area contributed by atoms with Crippen molar-refractivity contribution in [2.24, 2.45) is 10.1 Å². The summed E-state index contributed by atoms with van der Waals surface area (Å²) in [5.41, 5.74) is 3.53. The van der Waals surface area contributed by atoms with Gasteiger partial charge >= 0.3 is 0 Å². The van der Waals surface area contributed by atoms with E-state index in [1.807, 2.05) is 41.6 Å². The molecule has 0 saturated carbocycles. The molecule has 2 bridgehead atoms. The largest absolute Gasteiger partial charge is 0.540 e. The molecule has 3 rings (SSSR count). The van der Waals surface area contributed by atoms with Gasteiger partial charge in [0.2, 0.25) is 0 Å². The molecule has 0 saturated heterocycles. The zero-order valence-corrected chi connectivity index (χ0v) is 18.9. The molecule has 150 valence electrons. The van der Waals surface area contributed by atoms with Gasteiger partial charge in [0.1, 0.15) is 5.75 Å². The summed E-state index contributed by atoms with van der Waals surface area (Å²) in [5, 5.41) is 6.34. The first kappa shape index (κ1) is 20.4. The van der Waals surface area contributed by atoms with Gasteiger partial charge in [0.15, 0.2) is 11.6 Å². The highest BCUT2D eigenvalue weighted by molar-refractivity contribution is 6.78. The Hall–Kier alpha value is -2.34. The van der Waals surface area contributed by atoms with Crippen molar-refractivity contribution in [2.45, 2.75) is 58.2 Å². The molecule has 5 nitrogen and oxygen atoms in total. The molecule has 0 fully saturated rings. The topological polar surface area (TPSA) is 46.4 Å². The standard InChI is InChI=1S/C22H31N3O2Si/c1-15(2)28(16(3)4,17(5)6)27-20-9-8-18(12-21(20)26-7)14-24-25-19-10-11-23-22(25)13-19/h8-17H,1-7H3. The number of methoxy groups -OCH3 is 1. The highest BCUT2D eigenvalue weighted by Crippen LogP contribution is 2.44. The molecule has 0 radical (unpaired) electrons. The average molecular weight is 398 g/mol. The van der Waals surface area contributed by atoms with Crippen molar-refractivity contribution >= 4 is 20.7 Å². The van der Waals surface area contributed by atoms with Crippen molar-refractivity contribution in [2.75, 3.05) is 7.11 Å². The Balaban J connectivity index is 1.84. The lowest BCUT2D eigenvalue weighted by molar-refractivity contribution is 0.382. The molecule has 2 aliphatic rings. The molecule has 0 unspecified atom stereocenters. The fourth-order valence-corrected chi connectivity index (χ4v) is 9.62. The van der Waals surface area contributed by atoms with E-state index in [0.29, 0.717) is 16.6 Å². The maximum absolute atomic E-state index is 6.80. The lowest BCUT2D eigenvalue weighted by atomic mass is 10.2. The van der Waals surface area contributed by atoms with Crippen LogP contribution in [0.4, 0.5) is 0 Å². The third kappa shape index (κ3) is 3.53. The van der Waals surface area contributed by atoms with E-state index in [-0.39, 0.29) is 0 Å². The maximum atomic E-state index is 6.80. The third-order valence-corrected chi connectivity index (χ3v) is 11.7. The molecule has 2 aliphatic heterocycles. The Labute approximate surface area is 169 Å². The first-order valence-electron chi connectivity index (χ1n) is 9.96. The van der Waals surface area contributed by atoms with Crippen molar-refractivity contribution in [3.05, 3.63) is 47.4 Å². The second-order valence-corrected chi connectivity index (χ2v) is 13.6. The number of nitrogens with zero attached hydrogens (tertiary/aromatic N) is 3. The smallest absolute Gasteiger partial charge is 0.258 e.